The fourth-order valence-corrected chi connectivity index (χ4v) is 3.03. The highest BCUT2D eigenvalue weighted by atomic mass is 16.6. The summed E-state index contributed by atoms with van der Waals surface area (Å²) in [5.41, 5.74) is 2.55. The standard InChI is InChI=1S/C22H21N3O4/c1-27-19-11-17(12-20-22(19)29-10-9-28-20)7-8-21(26)24-18-13-23-25(15-18)14-16-5-3-2-4-6-16/h2-8,11-13,15H,9-10,14H2,1H3,(H,24,26). The molecule has 1 aliphatic rings. The van der Waals surface area contributed by atoms with Crippen molar-refractivity contribution >= 4 is 17.7 Å². The van der Waals surface area contributed by atoms with Crippen molar-refractivity contribution < 1.29 is 19.0 Å². The second kappa shape index (κ2) is 8.52. The molecule has 29 heavy (non-hydrogen) atoms. The van der Waals surface area contributed by atoms with Gasteiger partial charge in [0.05, 0.1) is 25.5 Å². The van der Waals surface area contributed by atoms with Gasteiger partial charge in [-0.25, -0.2) is 0 Å². The molecule has 0 saturated carbocycles. The van der Waals surface area contributed by atoms with Crippen molar-refractivity contribution in [2.24, 2.45) is 0 Å². The van der Waals surface area contributed by atoms with Gasteiger partial charge < -0.3 is 19.5 Å². The first-order valence-corrected chi connectivity index (χ1v) is 9.24. The normalized spacial score (nSPS) is 12.7. The summed E-state index contributed by atoms with van der Waals surface area (Å²) in [5, 5.41) is 7.10. The Labute approximate surface area is 168 Å². The van der Waals surface area contributed by atoms with Crippen molar-refractivity contribution in [1.82, 2.24) is 9.78 Å². The van der Waals surface area contributed by atoms with E-state index in [9.17, 15) is 4.79 Å². The highest BCUT2D eigenvalue weighted by Crippen LogP contribution is 2.40. The highest BCUT2D eigenvalue weighted by Gasteiger charge is 2.17. The average Bonchev–Trinajstić information content (AvgIpc) is 3.18. The summed E-state index contributed by atoms with van der Waals surface area (Å²) in [5.74, 6) is 1.52. The van der Waals surface area contributed by atoms with Crippen LogP contribution >= 0.6 is 0 Å². The number of nitrogens with one attached hydrogen (secondary N) is 1. The predicted octanol–water partition coefficient (Wildman–Crippen LogP) is 3.36. The van der Waals surface area contributed by atoms with Crippen LogP contribution in [0.1, 0.15) is 11.1 Å². The number of benzene rings is 2. The first-order chi connectivity index (χ1) is 14.2. The molecule has 0 fully saturated rings. The number of amides is 1. The molecule has 0 saturated heterocycles. The average molecular weight is 391 g/mol. The zero-order valence-corrected chi connectivity index (χ0v) is 16.0. The summed E-state index contributed by atoms with van der Waals surface area (Å²) < 4.78 is 18.3. The fourth-order valence-electron chi connectivity index (χ4n) is 3.03. The Hall–Kier alpha value is -3.74. The first kappa shape index (κ1) is 18.6. The van der Waals surface area contributed by atoms with Crippen LogP contribution in [0.3, 0.4) is 0 Å². The highest BCUT2D eigenvalue weighted by molar-refractivity contribution is 6.01. The molecular formula is C22H21N3O4. The maximum atomic E-state index is 12.3. The largest absolute Gasteiger partial charge is 0.493 e. The quantitative estimate of drug-likeness (QED) is 0.652. The molecule has 2 heterocycles. The smallest absolute Gasteiger partial charge is 0.248 e. The number of methoxy groups -OCH3 is 1. The van der Waals surface area contributed by atoms with Crippen LogP contribution in [0.25, 0.3) is 6.08 Å². The molecule has 0 spiro atoms. The Bertz CT molecular complexity index is 1010. The van der Waals surface area contributed by atoms with Gasteiger partial charge >= 0.3 is 0 Å². The maximum absolute atomic E-state index is 12.3. The summed E-state index contributed by atoms with van der Waals surface area (Å²) >= 11 is 0. The van der Waals surface area contributed by atoms with E-state index < -0.39 is 0 Å². The third-order valence-corrected chi connectivity index (χ3v) is 4.37. The topological polar surface area (TPSA) is 74.6 Å². The Morgan fingerprint density at radius 1 is 1.24 bits per heavy atom. The number of carbonyl (C=O) groups is 1. The van der Waals surface area contributed by atoms with E-state index >= 15 is 0 Å². The molecule has 7 nitrogen and oxygen atoms in total. The van der Waals surface area contributed by atoms with Gasteiger partial charge in [0.2, 0.25) is 11.7 Å². The molecule has 4 rings (SSSR count). The number of carbonyl (C=O) groups excluding carboxylic acids is 1. The molecule has 3 aromatic rings. The molecule has 0 bridgehead atoms. The second-order valence-corrected chi connectivity index (χ2v) is 6.48. The number of ether oxygens (including phenoxy) is 3. The van der Waals surface area contributed by atoms with Crippen molar-refractivity contribution in [3.8, 4) is 17.2 Å². The lowest BCUT2D eigenvalue weighted by Crippen LogP contribution is -2.16. The lowest BCUT2D eigenvalue weighted by Gasteiger charge is -2.20. The van der Waals surface area contributed by atoms with E-state index in [4.69, 9.17) is 14.2 Å². The molecule has 0 unspecified atom stereocenters. The van der Waals surface area contributed by atoms with Gasteiger partial charge in [0.15, 0.2) is 11.5 Å². The number of hydrogen-bond acceptors (Lipinski definition) is 5. The Balaban J connectivity index is 1.40. The van der Waals surface area contributed by atoms with Gasteiger partial charge in [-0.2, -0.15) is 5.10 Å². The Kier molecular flexibility index (Phi) is 5.47. The van der Waals surface area contributed by atoms with Crippen LogP contribution in [0.2, 0.25) is 0 Å². The van der Waals surface area contributed by atoms with E-state index in [1.807, 2.05) is 36.4 Å². The van der Waals surface area contributed by atoms with E-state index in [1.165, 1.54) is 6.08 Å². The van der Waals surface area contributed by atoms with Crippen LogP contribution in [-0.4, -0.2) is 36.0 Å². The molecule has 7 heteroatoms. The van der Waals surface area contributed by atoms with E-state index in [0.29, 0.717) is 42.7 Å². The lowest BCUT2D eigenvalue weighted by atomic mass is 10.1. The van der Waals surface area contributed by atoms with Crippen LogP contribution in [0, 0.1) is 0 Å². The monoisotopic (exact) mass is 391 g/mol. The molecule has 0 radical (unpaired) electrons. The minimum absolute atomic E-state index is 0.252. The van der Waals surface area contributed by atoms with Gasteiger partial charge in [-0.15, -0.1) is 0 Å². The summed E-state index contributed by atoms with van der Waals surface area (Å²) in [6.07, 6.45) is 6.58. The first-order valence-electron chi connectivity index (χ1n) is 9.24. The SMILES string of the molecule is COc1cc(C=CC(=O)Nc2cnn(Cc3ccccc3)c2)cc2c1OCCO2. The zero-order chi connectivity index (χ0) is 20.1. The molecule has 0 atom stereocenters. The summed E-state index contributed by atoms with van der Waals surface area (Å²) in [4.78, 5) is 12.3. The number of anilines is 1. The third-order valence-electron chi connectivity index (χ3n) is 4.37. The van der Waals surface area contributed by atoms with Crippen molar-refractivity contribution in [3.05, 3.63) is 72.1 Å². The number of rotatable bonds is 6. The molecule has 1 aromatic heterocycles. The maximum Gasteiger partial charge on any atom is 0.248 e. The van der Waals surface area contributed by atoms with Crippen LogP contribution in [-0.2, 0) is 11.3 Å². The van der Waals surface area contributed by atoms with Crippen LogP contribution in [0.15, 0.2) is 60.9 Å². The molecular weight excluding hydrogens is 370 g/mol. The van der Waals surface area contributed by atoms with Gasteiger partial charge in [-0.1, -0.05) is 30.3 Å². The predicted molar refractivity (Wildman–Crippen MR) is 109 cm³/mol. The summed E-state index contributed by atoms with van der Waals surface area (Å²) in [6, 6.07) is 13.6. The Morgan fingerprint density at radius 2 is 2.07 bits per heavy atom. The van der Waals surface area contributed by atoms with Crippen molar-refractivity contribution in [1.29, 1.82) is 0 Å². The number of aromatic nitrogens is 2. The van der Waals surface area contributed by atoms with E-state index in [2.05, 4.69) is 10.4 Å². The van der Waals surface area contributed by atoms with Crippen LogP contribution < -0.4 is 19.5 Å². The van der Waals surface area contributed by atoms with E-state index in [1.54, 1.807) is 36.3 Å². The van der Waals surface area contributed by atoms with Gasteiger partial charge in [-0.3, -0.25) is 9.48 Å². The fraction of sp³-hybridized carbons (Fsp3) is 0.182. The van der Waals surface area contributed by atoms with Crippen LogP contribution in [0.5, 0.6) is 17.2 Å². The molecule has 148 valence electrons. The molecule has 1 amide bonds. The minimum atomic E-state index is -0.252. The Morgan fingerprint density at radius 3 is 2.90 bits per heavy atom. The van der Waals surface area contributed by atoms with Crippen molar-refractivity contribution in [3.63, 3.8) is 0 Å². The summed E-state index contributed by atoms with van der Waals surface area (Å²) in [6.45, 7) is 1.61. The van der Waals surface area contributed by atoms with Crippen molar-refractivity contribution in [2.45, 2.75) is 6.54 Å². The van der Waals surface area contributed by atoms with Crippen LogP contribution in [0.4, 0.5) is 5.69 Å². The number of hydrogen-bond donors (Lipinski definition) is 1. The van der Waals surface area contributed by atoms with Gasteiger partial charge in [0.25, 0.3) is 0 Å². The van der Waals surface area contributed by atoms with Crippen molar-refractivity contribution in [2.75, 3.05) is 25.6 Å². The van der Waals surface area contributed by atoms with Gasteiger partial charge in [0.1, 0.15) is 13.2 Å². The number of fused-ring (bicyclic) bond motifs is 1. The van der Waals surface area contributed by atoms with E-state index in [0.717, 1.165) is 11.1 Å². The van der Waals surface area contributed by atoms with E-state index in [-0.39, 0.29) is 5.91 Å². The third kappa shape index (κ3) is 4.57. The lowest BCUT2D eigenvalue weighted by molar-refractivity contribution is -0.111. The van der Waals surface area contributed by atoms with Gasteiger partial charge in [-0.05, 0) is 29.3 Å². The summed E-state index contributed by atoms with van der Waals surface area (Å²) in [7, 11) is 1.57. The minimum Gasteiger partial charge on any atom is -0.493 e. The molecule has 2 aromatic carbocycles. The molecule has 1 N–H and O–H groups in total. The second-order valence-electron chi connectivity index (χ2n) is 6.48. The van der Waals surface area contributed by atoms with Gasteiger partial charge in [0, 0.05) is 12.3 Å². The molecule has 1 aliphatic heterocycles. The zero-order valence-electron chi connectivity index (χ0n) is 16.0. The molecule has 0 aliphatic carbocycles. The number of nitrogens with zero attached hydrogens (tertiary/aromatic N) is 2.